The second-order valence-corrected chi connectivity index (χ2v) is 9.27. The minimum Gasteiger partial charge on any atom is -0.484 e. The summed E-state index contributed by atoms with van der Waals surface area (Å²) < 4.78 is 32.6. The molecule has 166 valence electrons. The zero-order chi connectivity index (χ0) is 22.4. The van der Waals surface area contributed by atoms with Crippen molar-refractivity contribution in [2.75, 3.05) is 25.0 Å². The Labute approximate surface area is 181 Å². The van der Waals surface area contributed by atoms with Crippen molar-refractivity contribution < 1.29 is 22.9 Å². The van der Waals surface area contributed by atoms with E-state index in [1.165, 1.54) is 40.7 Å². The molecular formula is C21H25N3O6S. The number of hydrogen-bond donors (Lipinski definition) is 1. The molecule has 0 atom stereocenters. The van der Waals surface area contributed by atoms with Crippen LogP contribution < -0.4 is 10.1 Å². The summed E-state index contributed by atoms with van der Waals surface area (Å²) in [4.78, 5) is 22.9. The summed E-state index contributed by atoms with van der Waals surface area (Å²) in [7, 11) is -3.55. The molecule has 2 aromatic rings. The molecule has 0 spiro atoms. The van der Waals surface area contributed by atoms with E-state index >= 15 is 0 Å². The standard InChI is InChI=1S/C21H25N3O6S/c1-16-19(7-6-8-20(16)24(26)27)22-21(25)15-30-17-9-11-18(12-10-17)31(28,29)23-13-4-2-3-5-14-23/h6-12H,2-5,13-15H2,1H3,(H,22,25). The van der Waals surface area contributed by atoms with Gasteiger partial charge >= 0.3 is 0 Å². The first kappa shape index (κ1) is 22.7. The maximum absolute atomic E-state index is 12.8. The zero-order valence-electron chi connectivity index (χ0n) is 17.2. The molecule has 1 heterocycles. The van der Waals surface area contributed by atoms with Crippen molar-refractivity contribution in [2.45, 2.75) is 37.5 Å². The van der Waals surface area contributed by atoms with E-state index < -0.39 is 20.9 Å². The van der Waals surface area contributed by atoms with E-state index in [1.54, 1.807) is 13.0 Å². The number of nitro groups is 1. The van der Waals surface area contributed by atoms with Crippen LogP contribution in [-0.2, 0) is 14.8 Å². The number of sulfonamides is 1. The van der Waals surface area contributed by atoms with Crippen LogP contribution in [0.1, 0.15) is 31.2 Å². The normalized spacial score (nSPS) is 15.1. The summed E-state index contributed by atoms with van der Waals surface area (Å²) in [5.41, 5.74) is 0.602. The molecule has 0 bridgehead atoms. The number of amides is 1. The van der Waals surface area contributed by atoms with Crippen LogP contribution in [0.5, 0.6) is 5.75 Å². The minimum absolute atomic E-state index is 0.0834. The van der Waals surface area contributed by atoms with Gasteiger partial charge < -0.3 is 10.1 Å². The van der Waals surface area contributed by atoms with Gasteiger partial charge in [-0.1, -0.05) is 18.9 Å². The largest absolute Gasteiger partial charge is 0.484 e. The Morgan fingerprint density at radius 3 is 2.35 bits per heavy atom. The molecular weight excluding hydrogens is 422 g/mol. The molecule has 1 N–H and O–H groups in total. The van der Waals surface area contributed by atoms with Gasteiger partial charge in [0.25, 0.3) is 11.6 Å². The molecule has 1 aliphatic heterocycles. The van der Waals surface area contributed by atoms with Gasteiger partial charge in [0.2, 0.25) is 10.0 Å². The molecule has 31 heavy (non-hydrogen) atoms. The molecule has 0 unspecified atom stereocenters. The van der Waals surface area contributed by atoms with Gasteiger partial charge in [-0.05, 0) is 50.1 Å². The van der Waals surface area contributed by atoms with Crippen LogP contribution in [0.3, 0.4) is 0 Å². The van der Waals surface area contributed by atoms with Crippen LogP contribution in [0.15, 0.2) is 47.4 Å². The second kappa shape index (κ2) is 9.88. The van der Waals surface area contributed by atoms with Crippen LogP contribution in [0.2, 0.25) is 0 Å². The second-order valence-electron chi connectivity index (χ2n) is 7.33. The van der Waals surface area contributed by atoms with Gasteiger partial charge in [0.05, 0.1) is 21.1 Å². The Balaban J connectivity index is 1.60. The fraction of sp³-hybridized carbons (Fsp3) is 0.381. The van der Waals surface area contributed by atoms with Crippen molar-refractivity contribution in [3.63, 3.8) is 0 Å². The number of anilines is 1. The topological polar surface area (TPSA) is 119 Å². The fourth-order valence-electron chi connectivity index (χ4n) is 3.43. The van der Waals surface area contributed by atoms with Crippen LogP contribution in [0.4, 0.5) is 11.4 Å². The molecule has 0 aromatic heterocycles. The van der Waals surface area contributed by atoms with Crippen molar-refractivity contribution in [3.05, 3.63) is 58.1 Å². The van der Waals surface area contributed by atoms with E-state index in [0.29, 0.717) is 30.1 Å². The molecule has 10 heteroatoms. The Morgan fingerprint density at radius 2 is 1.74 bits per heavy atom. The van der Waals surface area contributed by atoms with Crippen molar-refractivity contribution in [1.29, 1.82) is 0 Å². The smallest absolute Gasteiger partial charge is 0.274 e. The van der Waals surface area contributed by atoms with Crippen LogP contribution in [0.25, 0.3) is 0 Å². The molecule has 1 fully saturated rings. The van der Waals surface area contributed by atoms with E-state index in [1.807, 2.05) is 0 Å². The van der Waals surface area contributed by atoms with Gasteiger partial charge in [0.15, 0.2) is 6.61 Å². The third-order valence-electron chi connectivity index (χ3n) is 5.17. The first-order chi connectivity index (χ1) is 14.8. The number of rotatable bonds is 7. The van der Waals surface area contributed by atoms with E-state index in [2.05, 4.69) is 5.32 Å². The van der Waals surface area contributed by atoms with Gasteiger partial charge in [0.1, 0.15) is 5.75 Å². The Morgan fingerprint density at radius 1 is 1.10 bits per heavy atom. The lowest BCUT2D eigenvalue weighted by molar-refractivity contribution is -0.385. The number of carbonyl (C=O) groups is 1. The lowest BCUT2D eigenvalue weighted by Gasteiger charge is -2.20. The average molecular weight is 448 g/mol. The predicted octanol–water partition coefficient (Wildman–Crippen LogP) is 3.49. The zero-order valence-corrected chi connectivity index (χ0v) is 18.1. The number of benzene rings is 2. The molecule has 1 amide bonds. The summed E-state index contributed by atoms with van der Waals surface area (Å²) >= 11 is 0. The summed E-state index contributed by atoms with van der Waals surface area (Å²) in [6.45, 7) is 2.29. The van der Waals surface area contributed by atoms with Crippen LogP contribution >= 0.6 is 0 Å². The van der Waals surface area contributed by atoms with Gasteiger partial charge in [-0.2, -0.15) is 4.31 Å². The van der Waals surface area contributed by atoms with Gasteiger partial charge in [-0.25, -0.2) is 8.42 Å². The molecule has 0 aliphatic carbocycles. The summed E-state index contributed by atoms with van der Waals surface area (Å²) in [5, 5.41) is 13.6. The lowest BCUT2D eigenvalue weighted by atomic mass is 10.1. The SMILES string of the molecule is Cc1c(NC(=O)COc2ccc(S(=O)(=O)N3CCCCCC3)cc2)cccc1[N+](=O)[O-]. The first-order valence-corrected chi connectivity index (χ1v) is 11.5. The average Bonchev–Trinajstić information content (AvgIpc) is 3.04. The molecule has 0 radical (unpaired) electrons. The Hall–Kier alpha value is -2.98. The predicted molar refractivity (Wildman–Crippen MR) is 116 cm³/mol. The summed E-state index contributed by atoms with van der Waals surface area (Å²) in [6.07, 6.45) is 3.80. The van der Waals surface area contributed by atoms with Gasteiger partial charge in [0, 0.05) is 19.2 Å². The lowest BCUT2D eigenvalue weighted by Crippen LogP contribution is -2.31. The quantitative estimate of drug-likeness (QED) is 0.513. The highest BCUT2D eigenvalue weighted by atomic mass is 32.2. The molecule has 2 aromatic carbocycles. The third kappa shape index (κ3) is 5.59. The molecule has 3 rings (SSSR count). The fourth-order valence-corrected chi connectivity index (χ4v) is 4.95. The minimum atomic E-state index is -3.55. The van der Waals surface area contributed by atoms with Gasteiger partial charge in [-0.15, -0.1) is 0 Å². The molecule has 1 saturated heterocycles. The van der Waals surface area contributed by atoms with E-state index in [4.69, 9.17) is 4.74 Å². The van der Waals surface area contributed by atoms with Crippen molar-refractivity contribution in [3.8, 4) is 5.75 Å². The van der Waals surface area contributed by atoms with E-state index in [0.717, 1.165) is 25.7 Å². The van der Waals surface area contributed by atoms with Gasteiger partial charge in [-0.3, -0.25) is 14.9 Å². The maximum Gasteiger partial charge on any atom is 0.274 e. The molecule has 0 saturated carbocycles. The molecule has 9 nitrogen and oxygen atoms in total. The van der Waals surface area contributed by atoms with E-state index in [-0.39, 0.29) is 17.2 Å². The Kier molecular flexibility index (Phi) is 7.24. The number of nitrogens with one attached hydrogen (secondary N) is 1. The first-order valence-electron chi connectivity index (χ1n) is 10.1. The summed E-state index contributed by atoms with van der Waals surface area (Å²) in [6, 6.07) is 10.4. The number of ether oxygens (including phenoxy) is 1. The highest BCUT2D eigenvalue weighted by Crippen LogP contribution is 2.25. The summed E-state index contributed by atoms with van der Waals surface area (Å²) in [5.74, 6) is -0.134. The number of nitrogens with zero attached hydrogens (tertiary/aromatic N) is 2. The van der Waals surface area contributed by atoms with E-state index in [9.17, 15) is 23.3 Å². The van der Waals surface area contributed by atoms with Crippen LogP contribution in [0, 0.1) is 17.0 Å². The Bertz CT molecular complexity index is 1050. The number of carbonyl (C=O) groups excluding carboxylic acids is 1. The van der Waals surface area contributed by atoms with Crippen LogP contribution in [-0.4, -0.2) is 43.2 Å². The highest BCUT2D eigenvalue weighted by Gasteiger charge is 2.25. The van der Waals surface area contributed by atoms with Crippen molar-refractivity contribution in [1.82, 2.24) is 4.31 Å². The molecule has 1 aliphatic rings. The van der Waals surface area contributed by atoms with Crippen molar-refractivity contribution >= 4 is 27.3 Å². The highest BCUT2D eigenvalue weighted by molar-refractivity contribution is 7.89. The number of nitro benzene ring substituents is 1. The maximum atomic E-state index is 12.8. The monoisotopic (exact) mass is 447 g/mol. The van der Waals surface area contributed by atoms with Crippen molar-refractivity contribution in [2.24, 2.45) is 0 Å². The third-order valence-corrected chi connectivity index (χ3v) is 7.09. The number of hydrogen-bond acceptors (Lipinski definition) is 6.